The molecule has 0 saturated heterocycles. The highest BCUT2D eigenvalue weighted by molar-refractivity contribution is 7.79. The molecule has 130 valence electrons. The molecule has 5 N–H and O–H groups in total. The van der Waals surface area contributed by atoms with E-state index in [1.54, 1.807) is 7.05 Å². The Labute approximate surface area is 136 Å². The van der Waals surface area contributed by atoms with Crippen molar-refractivity contribution in [1.82, 2.24) is 15.0 Å². The van der Waals surface area contributed by atoms with Crippen LogP contribution in [0.4, 0.5) is 17.8 Å². The third-order valence-electron chi connectivity index (χ3n) is 2.53. The maximum atomic E-state index is 8.74. The van der Waals surface area contributed by atoms with Crippen molar-refractivity contribution >= 4 is 28.2 Å². The van der Waals surface area contributed by atoms with E-state index >= 15 is 0 Å². The van der Waals surface area contributed by atoms with Crippen molar-refractivity contribution in [3.05, 3.63) is 0 Å². The first-order valence-electron chi connectivity index (χ1n) is 6.81. The van der Waals surface area contributed by atoms with Crippen LogP contribution in [-0.2, 0) is 10.4 Å². The van der Waals surface area contributed by atoms with Crippen LogP contribution in [0.15, 0.2) is 0 Å². The van der Waals surface area contributed by atoms with Gasteiger partial charge in [0.1, 0.15) is 0 Å². The summed E-state index contributed by atoms with van der Waals surface area (Å²) in [5, 5.41) is 9.12. The number of aromatic nitrogens is 3. The van der Waals surface area contributed by atoms with Gasteiger partial charge in [-0.15, -0.1) is 6.42 Å². The molecule has 0 spiro atoms. The van der Waals surface area contributed by atoms with E-state index in [2.05, 4.69) is 50.7 Å². The molecule has 0 atom stereocenters. The van der Waals surface area contributed by atoms with Crippen LogP contribution in [0.1, 0.15) is 26.7 Å². The summed E-state index contributed by atoms with van der Waals surface area (Å²) in [5.74, 6) is 4.03. The number of rotatable bonds is 7. The number of terminal acetylenes is 1. The fourth-order valence-corrected chi connectivity index (χ4v) is 1.44. The number of hydrogen-bond acceptors (Lipinski definition) is 8. The predicted molar refractivity (Wildman–Crippen MR) is 88.9 cm³/mol. The van der Waals surface area contributed by atoms with Crippen LogP contribution in [0.25, 0.3) is 0 Å². The summed E-state index contributed by atoms with van der Waals surface area (Å²) in [4.78, 5) is 12.7. The minimum atomic E-state index is -4.67. The van der Waals surface area contributed by atoms with Crippen LogP contribution >= 0.6 is 0 Å². The standard InChI is InChI=1S/C12H20N6.H2O4S/c1-5-8-14-11-16-10(13-4)17-12(18-11)15-9(6-2)7-3;1-5(2,3)4/h1,9H,6-8H2,2-4H3,(H3,13,14,15,16,17,18);(H2,1,2,3,4). The summed E-state index contributed by atoms with van der Waals surface area (Å²) in [6, 6.07) is 0.359. The molecule has 23 heavy (non-hydrogen) atoms. The number of hydrogen-bond donors (Lipinski definition) is 5. The lowest BCUT2D eigenvalue weighted by Gasteiger charge is -2.15. The molecule has 0 aliphatic carbocycles. The van der Waals surface area contributed by atoms with Gasteiger partial charge in [0.25, 0.3) is 0 Å². The van der Waals surface area contributed by atoms with E-state index in [1.807, 2.05) is 0 Å². The van der Waals surface area contributed by atoms with E-state index in [4.69, 9.17) is 23.9 Å². The number of nitrogens with zero attached hydrogens (tertiary/aromatic N) is 3. The molecule has 0 unspecified atom stereocenters. The van der Waals surface area contributed by atoms with Crippen molar-refractivity contribution in [3.63, 3.8) is 0 Å². The van der Waals surface area contributed by atoms with E-state index < -0.39 is 10.4 Å². The highest BCUT2D eigenvalue weighted by atomic mass is 32.3. The lowest BCUT2D eigenvalue weighted by Crippen LogP contribution is -2.20. The molecule has 0 aliphatic heterocycles. The minimum absolute atomic E-state index is 0.359. The first-order chi connectivity index (χ1) is 10.7. The molecule has 0 aliphatic rings. The molecule has 11 heteroatoms. The fraction of sp³-hybridized carbons (Fsp3) is 0.583. The molecular weight excluding hydrogens is 324 g/mol. The van der Waals surface area contributed by atoms with Gasteiger partial charge in [0.2, 0.25) is 17.8 Å². The zero-order valence-corrected chi connectivity index (χ0v) is 14.1. The predicted octanol–water partition coefficient (Wildman–Crippen LogP) is 0.906. The average Bonchev–Trinajstić information content (AvgIpc) is 2.48. The van der Waals surface area contributed by atoms with Crippen LogP contribution in [0, 0.1) is 12.3 Å². The second-order valence-corrected chi connectivity index (χ2v) is 5.12. The third kappa shape index (κ3) is 11.1. The highest BCUT2D eigenvalue weighted by Crippen LogP contribution is 2.11. The van der Waals surface area contributed by atoms with Gasteiger partial charge in [0, 0.05) is 13.1 Å². The Morgan fingerprint density at radius 1 is 1.13 bits per heavy atom. The van der Waals surface area contributed by atoms with E-state index in [1.165, 1.54) is 0 Å². The zero-order chi connectivity index (χ0) is 17.9. The average molecular weight is 346 g/mol. The van der Waals surface area contributed by atoms with Gasteiger partial charge in [0.15, 0.2) is 0 Å². The zero-order valence-electron chi connectivity index (χ0n) is 13.2. The van der Waals surface area contributed by atoms with Gasteiger partial charge in [-0.25, -0.2) is 0 Å². The molecule has 0 saturated carbocycles. The molecule has 0 bridgehead atoms. The summed E-state index contributed by atoms with van der Waals surface area (Å²) >= 11 is 0. The fourth-order valence-electron chi connectivity index (χ4n) is 1.44. The largest absolute Gasteiger partial charge is 0.394 e. The summed E-state index contributed by atoms with van der Waals surface area (Å²) in [6.45, 7) is 4.63. The Morgan fingerprint density at radius 3 is 2.04 bits per heavy atom. The van der Waals surface area contributed by atoms with Gasteiger partial charge in [-0.05, 0) is 12.8 Å². The Morgan fingerprint density at radius 2 is 1.61 bits per heavy atom. The molecular formula is C12H22N6O4S. The van der Waals surface area contributed by atoms with Gasteiger partial charge in [0.05, 0.1) is 6.54 Å². The van der Waals surface area contributed by atoms with Crippen molar-refractivity contribution in [3.8, 4) is 12.3 Å². The molecule has 1 rings (SSSR count). The normalized spacial score (nSPS) is 10.3. The van der Waals surface area contributed by atoms with E-state index in [-0.39, 0.29) is 0 Å². The monoisotopic (exact) mass is 346 g/mol. The van der Waals surface area contributed by atoms with Gasteiger partial charge in [-0.2, -0.15) is 23.4 Å². The van der Waals surface area contributed by atoms with Crippen molar-refractivity contribution < 1.29 is 17.5 Å². The molecule has 1 aromatic rings. The Bertz CT molecular complexity index is 604. The molecule has 0 aromatic carbocycles. The molecule has 0 radical (unpaired) electrons. The summed E-state index contributed by atoms with van der Waals surface area (Å²) in [7, 11) is -2.90. The van der Waals surface area contributed by atoms with Gasteiger partial charge >= 0.3 is 10.4 Å². The van der Waals surface area contributed by atoms with Crippen molar-refractivity contribution in [2.45, 2.75) is 32.7 Å². The van der Waals surface area contributed by atoms with Gasteiger partial charge in [-0.1, -0.05) is 19.8 Å². The summed E-state index contributed by atoms with van der Waals surface area (Å²) in [6.07, 6.45) is 7.23. The van der Waals surface area contributed by atoms with Crippen LogP contribution in [0.3, 0.4) is 0 Å². The van der Waals surface area contributed by atoms with E-state index in [9.17, 15) is 0 Å². The van der Waals surface area contributed by atoms with Crippen LogP contribution in [0.2, 0.25) is 0 Å². The molecule has 10 nitrogen and oxygen atoms in total. The number of anilines is 3. The smallest absolute Gasteiger partial charge is 0.357 e. The summed E-state index contributed by atoms with van der Waals surface area (Å²) < 4.78 is 31.6. The molecule has 1 heterocycles. The van der Waals surface area contributed by atoms with Crippen molar-refractivity contribution in [2.24, 2.45) is 0 Å². The first-order valence-corrected chi connectivity index (χ1v) is 8.20. The topological polar surface area (TPSA) is 149 Å². The first kappa shape index (κ1) is 20.8. The second-order valence-electron chi connectivity index (χ2n) is 4.22. The molecule has 0 amide bonds. The third-order valence-corrected chi connectivity index (χ3v) is 2.53. The quantitative estimate of drug-likeness (QED) is 0.356. The minimum Gasteiger partial charge on any atom is -0.357 e. The van der Waals surface area contributed by atoms with Crippen LogP contribution in [0.5, 0.6) is 0 Å². The highest BCUT2D eigenvalue weighted by Gasteiger charge is 2.08. The lowest BCUT2D eigenvalue weighted by atomic mass is 10.2. The maximum absolute atomic E-state index is 8.74. The number of nitrogens with one attached hydrogen (secondary N) is 3. The van der Waals surface area contributed by atoms with Crippen LogP contribution < -0.4 is 16.0 Å². The van der Waals surface area contributed by atoms with Crippen LogP contribution in [-0.4, -0.2) is 52.1 Å². The Hall–Kier alpha value is -2.16. The van der Waals surface area contributed by atoms with Gasteiger partial charge in [-0.3, -0.25) is 9.11 Å². The van der Waals surface area contributed by atoms with E-state index in [0.717, 1.165) is 12.8 Å². The Balaban J connectivity index is 0.000000841. The molecule has 0 fully saturated rings. The molecule has 1 aromatic heterocycles. The summed E-state index contributed by atoms with van der Waals surface area (Å²) in [5.41, 5.74) is 0. The van der Waals surface area contributed by atoms with Crippen molar-refractivity contribution in [2.75, 3.05) is 29.5 Å². The van der Waals surface area contributed by atoms with Gasteiger partial charge < -0.3 is 16.0 Å². The second kappa shape index (κ2) is 10.5. The lowest BCUT2D eigenvalue weighted by molar-refractivity contribution is 0.381. The SMILES string of the molecule is C#CCNc1nc(NC)nc(NC(CC)CC)n1.O=S(=O)(O)O. The Kier molecular flexibility index (Phi) is 9.56. The maximum Gasteiger partial charge on any atom is 0.394 e. The van der Waals surface area contributed by atoms with E-state index in [0.29, 0.717) is 30.4 Å². The van der Waals surface area contributed by atoms with Crippen molar-refractivity contribution in [1.29, 1.82) is 0 Å².